The fourth-order valence-corrected chi connectivity index (χ4v) is 3.67. The van der Waals surface area contributed by atoms with Gasteiger partial charge in [-0.3, -0.25) is 4.79 Å². The van der Waals surface area contributed by atoms with Gasteiger partial charge in [0.25, 0.3) is 5.91 Å². The summed E-state index contributed by atoms with van der Waals surface area (Å²) in [5, 5.41) is 0.901. The van der Waals surface area contributed by atoms with E-state index in [9.17, 15) is 4.79 Å². The van der Waals surface area contributed by atoms with Gasteiger partial charge in [0.1, 0.15) is 10.7 Å². The highest BCUT2D eigenvalue weighted by atomic mass is 32.1. The molecule has 1 aromatic heterocycles. The molecule has 2 aliphatic heterocycles. The van der Waals surface area contributed by atoms with E-state index < -0.39 is 0 Å². The molecule has 0 aromatic carbocycles. The van der Waals surface area contributed by atoms with Crippen LogP contribution in [0.1, 0.15) is 35.4 Å². The Morgan fingerprint density at radius 1 is 1.20 bits per heavy atom. The molecule has 5 nitrogen and oxygen atoms in total. The van der Waals surface area contributed by atoms with Gasteiger partial charge in [-0.25, -0.2) is 4.98 Å². The first-order valence-electron chi connectivity index (χ1n) is 7.21. The first-order chi connectivity index (χ1) is 9.75. The van der Waals surface area contributed by atoms with Gasteiger partial charge >= 0.3 is 0 Å². The molecule has 6 heteroatoms. The number of carbonyl (C=O) groups is 1. The van der Waals surface area contributed by atoms with Crippen LogP contribution in [-0.4, -0.2) is 42.0 Å². The van der Waals surface area contributed by atoms with E-state index in [0.29, 0.717) is 17.2 Å². The summed E-state index contributed by atoms with van der Waals surface area (Å²) in [6.07, 6.45) is 8.73. The molecular formula is C14H20N4OS. The number of thiazole rings is 1. The Morgan fingerprint density at radius 3 is 2.70 bits per heavy atom. The Kier molecular flexibility index (Phi) is 3.91. The highest BCUT2D eigenvalue weighted by Crippen LogP contribution is 2.31. The van der Waals surface area contributed by atoms with E-state index in [-0.39, 0.29) is 5.91 Å². The molecule has 0 spiro atoms. The summed E-state index contributed by atoms with van der Waals surface area (Å²) >= 11 is 1.44. The lowest BCUT2D eigenvalue weighted by atomic mass is 10.1. The summed E-state index contributed by atoms with van der Waals surface area (Å²) in [6, 6.07) is 0. The lowest BCUT2D eigenvalue weighted by Gasteiger charge is -2.25. The molecule has 20 heavy (non-hydrogen) atoms. The van der Waals surface area contributed by atoms with Crippen molar-refractivity contribution in [3.05, 3.63) is 17.0 Å². The normalized spacial score (nSPS) is 19.4. The van der Waals surface area contributed by atoms with Crippen molar-refractivity contribution in [2.24, 2.45) is 0 Å². The van der Waals surface area contributed by atoms with Crippen molar-refractivity contribution in [2.75, 3.05) is 36.8 Å². The first-order valence-corrected chi connectivity index (χ1v) is 8.03. The maximum atomic E-state index is 12.5. The quantitative estimate of drug-likeness (QED) is 0.848. The highest BCUT2D eigenvalue weighted by molar-refractivity contribution is 7.18. The Labute approximate surface area is 123 Å². The van der Waals surface area contributed by atoms with Crippen LogP contribution in [0.5, 0.6) is 0 Å². The topological polar surface area (TPSA) is 62.5 Å². The average Bonchev–Trinajstić information content (AvgIpc) is 2.90. The molecule has 2 N–H and O–H groups in total. The van der Waals surface area contributed by atoms with Crippen molar-refractivity contribution in [3.8, 4) is 0 Å². The molecule has 1 fully saturated rings. The number of piperidine rings is 1. The van der Waals surface area contributed by atoms with Crippen LogP contribution in [0.2, 0.25) is 0 Å². The third-order valence-electron chi connectivity index (χ3n) is 3.81. The third kappa shape index (κ3) is 2.65. The molecule has 2 aliphatic rings. The van der Waals surface area contributed by atoms with Gasteiger partial charge in [0.15, 0.2) is 5.13 Å². The van der Waals surface area contributed by atoms with Gasteiger partial charge in [0.2, 0.25) is 0 Å². The number of nitrogen functional groups attached to an aromatic ring is 1. The average molecular weight is 292 g/mol. The molecule has 1 aromatic rings. The number of aromatic nitrogens is 1. The second-order valence-corrected chi connectivity index (χ2v) is 6.25. The van der Waals surface area contributed by atoms with Crippen LogP contribution < -0.4 is 10.6 Å². The molecule has 1 saturated heterocycles. The van der Waals surface area contributed by atoms with E-state index in [0.717, 1.165) is 31.2 Å². The number of nitrogens with two attached hydrogens (primary N) is 1. The van der Waals surface area contributed by atoms with E-state index in [4.69, 9.17) is 5.73 Å². The van der Waals surface area contributed by atoms with Gasteiger partial charge in [-0.1, -0.05) is 23.5 Å². The van der Waals surface area contributed by atoms with E-state index >= 15 is 0 Å². The third-order valence-corrected chi connectivity index (χ3v) is 4.93. The zero-order valence-electron chi connectivity index (χ0n) is 11.5. The zero-order valence-corrected chi connectivity index (χ0v) is 12.4. The van der Waals surface area contributed by atoms with Crippen molar-refractivity contribution in [1.82, 2.24) is 9.88 Å². The fourth-order valence-electron chi connectivity index (χ4n) is 2.66. The Morgan fingerprint density at radius 2 is 2.00 bits per heavy atom. The predicted molar refractivity (Wildman–Crippen MR) is 82.3 cm³/mol. The summed E-state index contributed by atoms with van der Waals surface area (Å²) < 4.78 is 0. The molecule has 0 unspecified atom stereocenters. The summed E-state index contributed by atoms with van der Waals surface area (Å²) in [4.78, 5) is 21.6. The largest absolute Gasteiger partial charge is 0.382 e. The maximum Gasteiger partial charge on any atom is 0.268 e. The van der Waals surface area contributed by atoms with E-state index in [2.05, 4.69) is 16.0 Å². The second-order valence-electron chi connectivity index (χ2n) is 5.27. The standard InChI is InChI=1S/C14H20N4OS/c15-12-11(13(19)17-7-3-1-4-8-17)20-14(16-12)18-9-5-2-6-10-18/h1,3H,2,4-10,15H2. The maximum absolute atomic E-state index is 12.5. The Bertz CT molecular complexity index is 519. The molecule has 3 heterocycles. The summed E-state index contributed by atoms with van der Waals surface area (Å²) in [5.41, 5.74) is 5.96. The molecule has 0 bridgehead atoms. The van der Waals surface area contributed by atoms with Gasteiger partial charge in [-0.05, 0) is 25.7 Å². The summed E-state index contributed by atoms with van der Waals surface area (Å²) in [5.74, 6) is 0.405. The van der Waals surface area contributed by atoms with Crippen LogP contribution in [0.4, 0.5) is 10.9 Å². The second kappa shape index (κ2) is 5.83. The van der Waals surface area contributed by atoms with E-state index in [1.807, 2.05) is 11.0 Å². The monoisotopic (exact) mass is 292 g/mol. The summed E-state index contributed by atoms with van der Waals surface area (Å²) in [6.45, 7) is 3.49. The number of anilines is 2. The van der Waals surface area contributed by atoms with Gasteiger partial charge in [-0.15, -0.1) is 0 Å². The van der Waals surface area contributed by atoms with Gasteiger partial charge in [0, 0.05) is 26.2 Å². The molecule has 0 radical (unpaired) electrons. The number of carbonyl (C=O) groups excluding carboxylic acids is 1. The minimum Gasteiger partial charge on any atom is -0.382 e. The van der Waals surface area contributed by atoms with Crippen molar-refractivity contribution in [1.29, 1.82) is 0 Å². The molecular weight excluding hydrogens is 272 g/mol. The molecule has 1 amide bonds. The summed E-state index contributed by atoms with van der Waals surface area (Å²) in [7, 11) is 0. The molecule has 0 atom stereocenters. The predicted octanol–water partition coefficient (Wildman–Crippen LogP) is 2.12. The van der Waals surface area contributed by atoms with Crippen molar-refractivity contribution in [2.45, 2.75) is 25.7 Å². The molecule has 3 rings (SSSR count). The van der Waals surface area contributed by atoms with E-state index in [1.54, 1.807) is 0 Å². The molecule has 108 valence electrons. The highest BCUT2D eigenvalue weighted by Gasteiger charge is 2.24. The smallest absolute Gasteiger partial charge is 0.268 e. The van der Waals surface area contributed by atoms with Gasteiger partial charge in [0.05, 0.1) is 0 Å². The van der Waals surface area contributed by atoms with Crippen molar-refractivity contribution >= 4 is 28.2 Å². The Balaban J connectivity index is 1.77. The Hall–Kier alpha value is -1.56. The van der Waals surface area contributed by atoms with Crippen molar-refractivity contribution in [3.63, 3.8) is 0 Å². The van der Waals surface area contributed by atoms with Crippen LogP contribution in [0.25, 0.3) is 0 Å². The SMILES string of the molecule is Nc1nc(N2CCCCC2)sc1C(=O)N1CC=CCC1. The lowest BCUT2D eigenvalue weighted by molar-refractivity contribution is 0.0776. The van der Waals surface area contributed by atoms with Gasteiger partial charge < -0.3 is 15.5 Å². The number of nitrogens with zero attached hydrogens (tertiary/aromatic N) is 3. The van der Waals surface area contributed by atoms with Crippen LogP contribution in [0.3, 0.4) is 0 Å². The van der Waals surface area contributed by atoms with Crippen LogP contribution in [0.15, 0.2) is 12.2 Å². The van der Waals surface area contributed by atoms with Gasteiger partial charge in [-0.2, -0.15) is 0 Å². The molecule has 0 aliphatic carbocycles. The molecule has 0 saturated carbocycles. The van der Waals surface area contributed by atoms with Crippen LogP contribution >= 0.6 is 11.3 Å². The minimum absolute atomic E-state index is 0.0209. The fraction of sp³-hybridized carbons (Fsp3) is 0.571. The van der Waals surface area contributed by atoms with Crippen LogP contribution in [0, 0.1) is 0 Å². The number of hydrogen-bond acceptors (Lipinski definition) is 5. The van der Waals surface area contributed by atoms with Crippen molar-refractivity contribution < 1.29 is 4.79 Å². The van der Waals surface area contributed by atoms with Crippen LogP contribution in [-0.2, 0) is 0 Å². The first kappa shape index (κ1) is 13.4. The minimum atomic E-state index is 0.0209. The van der Waals surface area contributed by atoms with E-state index in [1.165, 1.54) is 30.6 Å². The lowest BCUT2D eigenvalue weighted by Crippen LogP contribution is -2.33. The number of hydrogen-bond donors (Lipinski definition) is 1. The number of amides is 1. The zero-order chi connectivity index (χ0) is 13.9. The number of rotatable bonds is 2.